The molecule has 0 saturated carbocycles. The second kappa shape index (κ2) is 7.69. The van der Waals surface area contributed by atoms with E-state index < -0.39 is 0 Å². The van der Waals surface area contributed by atoms with Crippen LogP contribution in [0.1, 0.15) is 37.8 Å². The third kappa shape index (κ3) is 4.05. The minimum atomic E-state index is -0.284. The van der Waals surface area contributed by atoms with E-state index in [2.05, 4.69) is 34.3 Å². The lowest BCUT2D eigenvalue weighted by Gasteiger charge is -2.20. The summed E-state index contributed by atoms with van der Waals surface area (Å²) in [5, 5.41) is 12.7. The van der Waals surface area contributed by atoms with Crippen molar-refractivity contribution < 1.29 is 4.79 Å². The summed E-state index contributed by atoms with van der Waals surface area (Å²) in [4.78, 5) is 29.6. The second-order valence-corrected chi connectivity index (χ2v) is 7.09. The van der Waals surface area contributed by atoms with Crippen LogP contribution in [0.25, 0.3) is 10.8 Å². The van der Waals surface area contributed by atoms with E-state index in [0.29, 0.717) is 22.8 Å². The number of fused-ring (bicyclic) bond motifs is 1. The van der Waals surface area contributed by atoms with E-state index in [1.165, 1.54) is 11.0 Å². The van der Waals surface area contributed by atoms with Gasteiger partial charge < -0.3 is 5.32 Å². The van der Waals surface area contributed by atoms with Crippen molar-refractivity contribution in [3.63, 3.8) is 0 Å². The van der Waals surface area contributed by atoms with Crippen LogP contribution in [0.2, 0.25) is 0 Å². The highest BCUT2D eigenvalue weighted by molar-refractivity contribution is 5.83. The maximum absolute atomic E-state index is 12.7. The van der Waals surface area contributed by atoms with Crippen molar-refractivity contribution in [1.29, 1.82) is 0 Å². The predicted octanol–water partition coefficient (Wildman–Crippen LogP) is 1.74. The summed E-state index contributed by atoms with van der Waals surface area (Å²) in [6, 6.07) is 7.01. The smallest absolute Gasteiger partial charge is 0.275 e. The van der Waals surface area contributed by atoms with E-state index >= 15 is 0 Å². The number of rotatable bonds is 6. The molecule has 0 bridgehead atoms. The van der Waals surface area contributed by atoms with Crippen LogP contribution in [-0.4, -0.2) is 30.5 Å². The summed E-state index contributed by atoms with van der Waals surface area (Å²) in [5.74, 6) is 0.760. The van der Waals surface area contributed by atoms with E-state index in [-0.39, 0.29) is 24.1 Å². The van der Waals surface area contributed by atoms with Crippen LogP contribution in [-0.2, 0) is 18.4 Å². The van der Waals surface area contributed by atoms with Crippen molar-refractivity contribution in [1.82, 2.24) is 29.9 Å². The summed E-state index contributed by atoms with van der Waals surface area (Å²) < 4.78 is 2.87. The quantitative estimate of drug-likeness (QED) is 0.715. The Morgan fingerprint density at radius 2 is 1.93 bits per heavy atom. The van der Waals surface area contributed by atoms with E-state index in [9.17, 15) is 9.59 Å². The summed E-state index contributed by atoms with van der Waals surface area (Å²) in [7, 11) is 1.79. The molecule has 0 aliphatic heterocycles. The third-order valence-corrected chi connectivity index (χ3v) is 4.45. The monoisotopic (exact) mass is 368 g/mol. The molecule has 2 aromatic heterocycles. The molecule has 2 heterocycles. The number of aryl methyl sites for hydroxylation is 2. The highest BCUT2D eigenvalue weighted by atomic mass is 16.2. The summed E-state index contributed by atoms with van der Waals surface area (Å²) in [5.41, 5.74) is 0.440. The van der Waals surface area contributed by atoms with Gasteiger partial charge >= 0.3 is 0 Å². The number of hydrogen-bond acceptors (Lipinski definition) is 5. The van der Waals surface area contributed by atoms with Gasteiger partial charge in [-0.25, -0.2) is 9.67 Å². The Morgan fingerprint density at radius 3 is 2.56 bits per heavy atom. The SMILES string of the molecule is Cc1nn(CC(=O)N[C@H](CC(C)C)c2ncnn2C)c(=O)c2ccccc12. The molecular formula is C19H24N6O2. The van der Waals surface area contributed by atoms with Gasteiger partial charge in [0, 0.05) is 12.4 Å². The lowest BCUT2D eigenvalue weighted by atomic mass is 10.0. The molecule has 1 N–H and O–H groups in total. The van der Waals surface area contributed by atoms with Gasteiger partial charge in [0.25, 0.3) is 5.56 Å². The van der Waals surface area contributed by atoms with E-state index in [1.54, 1.807) is 23.9 Å². The molecule has 0 fully saturated rings. The highest BCUT2D eigenvalue weighted by Crippen LogP contribution is 2.19. The fourth-order valence-electron chi connectivity index (χ4n) is 3.21. The number of carbonyl (C=O) groups is 1. The molecule has 0 radical (unpaired) electrons. The van der Waals surface area contributed by atoms with Crippen LogP contribution in [0, 0.1) is 12.8 Å². The Labute approximate surface area is 157 Å². The average Bonchev–Trinajstić information content (AvgIpc) is 3.04. The molecule has 8 nitrogen and oxygen atoms in total. The Hall–Kier alpha value is -3.03. The Balaban J connectivity index is 1.84. The van der Waals surface area contributed by atoms with Gasteiger partial charge in [0.05, 0.1) is 17.1 Å². The first-order chi connectivity index (χ1) is 12.9. The summed E-state index contributed by atoms with van der Waals surface area (Å²) in [6.45, 7) is 5.84. The highest BCUT2D eigenvalue weighted by Gasteiger charge is 2.21. The molecule has 3 rings (SSSR count). The zero-order valence-electron chi connectivity index (χ0n) is 16.0. The minimum absolute atomic E-state index is 0.142. The molecule has 0 unspecified atom stereocenters. The Bertz CT molecular complexity index is 1020. The van der Waals surface area contributed by atoms with Gasteiger partial charge in [-0.2, -0.15) is 10.2 Å². The van der Waals surface area contributed by atoms with Crippen molar-refractivity contribution in [2.24, 2.45) is 13.0 Å². The molecule has 0 spiro atoms. The number of benzene rings is 1. The average molecular weight is 368 g/mol. The molecule has 3 aromatic rings. The molecule has 8 heteroatoms. The topological polar surface area (TPSA) is 94.7 Å². The number of carbonyl (C=O) groups excluding carboxylic acids is 1. The van der Waals surface area contributed by atoms with Crippen LogP contribution >= 0.6 is 0 Å². The normalized spacial score (nSPS) is 12.5. The Kier molecular flexibility index (Phi) is 5.34. The van der Waals surface area contributed by atoms with E-state index in [4.69, 9.17) is 0 Å². The molecule has 0 saturated heterocycles. The van der Waals surface area contributed by atoms with Crippen molar-refractivity contribution in [2.45, 2.75) is 39.8 Å². The maximum Gasteiger partial charge on any atom is 0.275 e. The first-order valence-corrected chi connectivity index (χ1v) is 8.96. The van der Waals surface area contributed by atoms with Crippen LogP contribution < -0.4 is 10.9 Å². The molecule has 0 aliphatic rings. The van der Waals surface area contributed by atoms with Crippen LogP contribution in [0.4, 0.5) is 0 Å². The molecule has 0 aliphatic carbocycles. The van der Waals surface area contributed by atoms with Gasteiger partial charge in [0.2, 0.25) is 5.91 Å². The van der Waals surface area contributed by atoms with Crippen LogP contribution in [0.15, 0.2) is 35.4 Å². The van der Waals surface area contributed by atoms with Gasteiger partial charge in [-0.1, -0.05) is 32.0 Å². The fourth-order valence-corrected chi connectivity index (χ4v) is 3.21. The van der Waals surface area contributed by atoms with Crippen molar-refractivity contribution in [3.8, 4) is 0 Å². The molecular weight excluding hydrogens is 344 g/mol. The fraction of sp³-hybridized carbons (Fsp3) is 0.421. The molecule has 1 amide bonds. The summed E-state index contributed by atoms with van der Waals surface area (Å²) >= 11 is 0. The first-order valence-electron chi connectivity index (χ1n) is 8.96. The zero-order chi connectivity index (χ0) is 19.6. The lowest BCUT2D eigenvalue weighted by Crippen LogP contribution is -2.37. The first kappa shape index (κ1) is 18.8. The number of aromatic nitrogens is 5. The Morgan fingerprint density at radius 1 is 1.22 bits per heavy atom. The van der Waals surface area contributed by atoms with Gasteiger partial charge in [-0.3, -0.25) is 14.3 Å². The molecule has 27 heavy (non-hydrogen) atoms. The summed E-state index contributed by atoms with van der Waals surface area (Å²) in [6.07, 6.45) is 2.19. The van der Waals surface area contributed by atoms with Crippen LogP contribution in [0.5, 0.6) is 0 Å². The van der Waals surface area contributed by atoms with Gasteiger partial charge in [0.1, 0.15) is 18.7 Å². The number of amides is 1. The predicted molar refractivity (Wildman–Crippen MR) is 102 cm³/mol. The van der Waals surface area contributed by atoms with Crippen molar-refractivity contribution >= 4 is 16.7 Å². The zero-order valence-corrected chi connectivity index (χ0v) is 16.0. The van der Waals surface area contributed by atoms with Crippen molar-refractivity contribution in [2.75, 3.05) is 0 Å². The molecule has 1 aromatic carbocycles. The van der Waals surface area contributed by atoms with Gasteiger partial charge in [0.15, 0.2) is 0 Å². The number of nitrogens with zero attached hydrogens (tertiary/aromatic N) is 5. The number of hydrogen-bond donors (Lipinski definition) is 1. The van der Waals surface area contributed by atoms with Gasteiger partial charge in [-0.15, -0.1) is 0 Å². The largest absolute Gasteiger partial charge is 0.344 e. The third-order valence-electron chi connectivity index (χ3n) is 4.45. The maximum atomic E-state index is 12.7. The van der Waals surface area contributed by atoms with E-state index in [0.717, 1.165) is 11.8 Å². The second-order valence-electron chi connectivity index (χ2n) is 7.09. The standard InChI is InChI=1S/C19H24N6O2/c1-12(2)9-16(18-20-11-21-24(18)4)22-17(26)10-25-19(27)15-8-6-5-7-14(15)13(3)23-25/h5-8,11-12,16H,9-10H2,1-4H3,(H,22,26)/t16-/m1/s1. The minimum Gasteiger partial charge on any atom is -0.344 e. The van der Waals surface area contributed by atoms with Crippen LogP contribution in [0.3, 0.4) is 0 Å². The molecule has 1 atom stereocenters. The number of nitrogens with one attached hydrogen (secondary N) is 1. The van der Waals surface area contributed by atoms with E-state index in [1.807, 2.05) is 19.1 Å². The van der Waals surface area contributed by atoms with Gasteiger partial charge in [-0.05, 0) is 25.3 Å². The van der Waals surface area contributed by atoms with Crippen molar-refractivity contribution in [3.05, 3.63) is 52.5 Å². The lowest BCUT2D eigenvalue weighted by molar-refractivity contribution is -0.122. The molecule has 142 valence electrons.